The Hall–Kier alpha value is -3.86. The van der Waals surface area contributed by atoms with Crippen LogP contribution in [0.3, 0.4) is 0 Å². The molecule has 196 valence electrons. The summed E-state index contributed by atoms with van der Waals surface area (Å²) in [5, 5.41) is 23.9. The van der Waals surface area contributed by atoms with Gasteiger partial charge in [0.25, 0.3) is 11.8 Å². The molecule has 2 atom stereocenters. The van der Waals surface area contributed by atoms with Gasteiger partial charge >= 0.3 is 11.9 Å². The molecule has 0 radical (unpaired) electrons. The predicted molar refractivity (Wildman–Crippen MR) is 128 cm³/mol. The number of halogens is 1. The SMILES string of the molecule is CCC1CCC=C2C(=O)N(N3CCC(c4noc5cc(F)ccc45)CC3)C(=O)C21.O=C(O)C=CC(=O)O. The van der Waals surface area contributed by atoms with E-state index in [0.717, 1.165) is 43.2 Å². The van der Waals surface area contributed by atoms with Gasteiger partial charge in [-0.1, -0.05) is 24.6 Å². The molecular formula is C26H28FN3O7. The van der Waals surface area contributed by atoms with Crippen molar-refractivity contribution in [2.75, 3.05) is 13.1 Å². The van der Waals surface area contributed by atoms with Crippen molar-refractivity contribution in [2.24, 2.45) is 11.8 Å². The fraction of sp³-hybridized carbons (Fsp3) is 0.423. The average Bonchev–Trinajstić information content (AvgIpc) is 3.41. The first kappa shape index (κ1) is 26.2. The van der Waals surface area contributed by atoms with Crippen molar-refractivity contribution in [2.45, 2.75) is 44.9 Å². The monoisotopic (exact) mass is 513 g/mol. The van der Waals surface area contributed by atoms with E-state index in [-0.39, 0.29) is 35.4 Å². The molecule has 2 saturated heterocycles. The number of aliphatic carboxylic acids is 2. The minimum atomic E-state index is -1.26. The number of amides is 2. The van der Waals surface area contributed by atoms with Gasteiger partial charge < -0.3 is 14.7 Å². The Balaban J connectivity index is 0.000000349. The molecule has 2 aliphatic heterocycles. The van der Waals surface area contributed by atoms with E-state index in [1.807, 2.05) is 11.1 Å². The first-order chi connectivity index (χ1) is 17.7. The van der Waals surface area contributed by atoms with Crippen molar-refractivity contribution in [3.05, 3.63) is 53.5 Å². The Morgan fingerprint density at radius 2 is 1.81 bits per heavy atom. The van der Waals surface area contributed by atoms with Gasteiger partial charge in [0.05, 0.1) is 11.6 Å². The predicted octanol–water partition coefficient (Wildman–Crippen LogP) is 3.50. The van der Waals surface area contributed by atoms with Crippen LogP contribution in [0, 0.1) is 17.7 Å². The Morgan fingerprint density at radius 3 is 2.43 bits per heavy atom. The molecule has 1 aromatic heterocycles. The number of benzene rings is 1. The third-order valence-electron chi connectivity index (χ3n) is 7.12. The van der Waals surface area contributed by atoms with Gasteiger partial charge in [0.15, 0.2) is 5.58 Å². The molecule has 2 N–H and O–H groups in total. The second kappa shape index (κ2) is 11.0. The lowest BCUT2D eigenvalue weighted by Gasteiger charge is -2.36. The highest BCUT2D eigenvalue weighted by Gasteiger charge is 2.50. The number of hydrogen-bond acceptors (Lipinski definition) is 7. The number of carbonyl (C=O) groups is 4. The minimum absolute atomic E-state index is 0.0615. The Bertz CT molecular complexity index is 1260. The number of imide groups is 1. The second-order valence-corrected chi connectivity index (χ2v) is 9.28. The lowest BCUT2D eigenvalue weighted by Crippen LogP contribution is -2.50. The van der Waals surface area contributed by atoms with Crippen LogP contribution < -0.4 is 0 Å². The molecule has 2 unspecified atom stereocenters. The number of hydrazine groups is 1. The smallest absolute Gasteiger partial charge is 0.328 e. The maximum atomic E-state index is 13.4. The van der Waals surface area contributed by atoms with Crippen LogP contribution in [0.25, 0.3) is 11.0 Å². The van der Waals surface area contributed by atoms with Crippen LogP contribution >= 0.6 is 0 Å². The lowest BCUT2D eigenvalue weighted by atomic mass is 9.78. The maximum Gasteiger partial charge on any atom is 0.328 e. The van der Waals surface area contributed by atoms with E-state index in [1.165, 1.54) is 17.1 Å². The highest BCUT2D eigenvalue weighted by atomic mass is 19.1. The molecule has 0 saturated carbocycles. The van der Waals surface area contributed by atoms with Gasteiger partial charge in [-0.3, -0.25) is 9.59 Å². The van der Waals surface area contributed by atoms with Crippen molar-refractivity contribution in [3.8, 4) is 0 Å². The van der Waals surface area contributed by atoms with Crippen LogP contribution in [0.1, 0.15) is 50.6 Å². The van der Waals surface area contributed by atoms with Crippen LogP contribution in [-0.2, 0) is 19.2 Å². The third kappa shape index (κ3) is 5.46. The largest absolute Gasteiger partial charge is 0.478 e. The van der Waals surface area contributed by atoms with Gasteiger partial charge in [-0.25, -0.2) is 24.0 Å². The molecule has 11 heteroatoms. The number of rotatable bonds is 5. The zero-order valence-corrected chi connectivity index (χ0v) is 20.3. The number of fused-ring (bicyclic) bond motifs is 2. The lowest BCUT2D eigenvalue weighted by molar-refractivity contribution is -0.160. The summed E-state index contributed by atoms with van der Waals surface area (Å²) in [4.78, 5) is 45.2. The number of nitrogens with zero attached hydrogens (tertiary/aromatic N) is 3. The second-order valence-electron chi connectivity index (χ2n) is 9.28. The molecule has 2 fully saturated rings. The van der Waals surface area contributed by atoms with Crippen LogP contribution in [0.4, 0.5) is 4.39 Å². The molecule has 10 nitrogen and oxygen atoms in total. The topological polar surface area (TPSA) is 141 Å². The minimum Gasteiger partial charge on any atom is -0.478 e. The fourth-order valence-electron chi connectivity index (χ4n) is 5.32. The van der Waals surface area contributed by atoms with Gasteiger partial charge in [0.2, 0.25) is 0 Å². The number of piperidine rings is 1. The maximum absolute atomic E-state index is 13.4. The number of carboxylic acids is 2. The Morgan fingerprint density at radius 1 is 1.14 bits per heavy atom. The molecule has 2 amide bonds. The first-order valence-corrected chi connectivity index (χ1v) is 12.2. The van der Waals surface area contributed by atoms with E-state index < -0.39 is 11.9 Å². The summed E-state index contributed by atoms with van der Waals surface area (Å²) in [5.41, 5.74) is 1.98. The molecule has 2 aromatic rings. The molecule has 3 heterocycles. The molecule has 37 heavy (non-hydrogen) atoms. The van der Waals surface area contributed by atoms with Crippen molar-refractivity contribution >= 4 is 34.7 Å². The Kier molecular flexibility index (Phi) is 7.82. The van der Waals surface area contributed by atoms with E-state index in [9.17, 15) is 23.6 Å². The van der Waals surface area contributed by atoms with E-state index in [2.05, 4.69) is 12.1 Å². The van der Waals surface area contributed by atoms with Gasteiger partial charge in [-0.05, 0) is 43.7 Å². The van der Waals surface area contributed by atoms with Crippen LogP contribution in [0.5, 0.6) is 0 Å². The summed E-state index contributed by atoms with van der Waals surface area (Å²) in [7, 11) is 0. The first-order valence-electron chi connectivity index (χ1n) is 12.2. The zero-order chi connectivity index (χ0) is 26.7. The number of aromatic nitrogens is 1. The number of carboxylic acid groups (broad SMARTS) is 2. The molecule has 0 spiro atoms. The highest BCUT2D eigenvalue weighted by molar-refractivity contribution is 6.14. The molecular weight excluding hydrogens is 485 g/mol. The van der Waals surface area contributed by atoms with E-state index in [1.54, 1.807) is 6.07 Å². The van der Waals surface area contributed by atoms with E-state index >= 15 is 0 Å². The Labute approximate surface area is 212 Å². The summed E-state index contributed by atoms with van der Waals surface area (Å²) in [6.07, 6.45) is 7.36. The standard InChI is InChI=1S/C22H24FN3O3.C4H4O4/c1-2-13-4-3-5-17-19(13)22(28)26(21(17)27)25-10-8-14(9-11-25)20-16-7-6-15(23)12-18(16)29-24-20;5-3(6)1-2-4(7)8/h5-7,12-14,19H,2-4,8-11H2,1H3;1-2H,(H,5,6)(H,7,8). The summed E-state index contributed by atoms with van der Waals surface area (Å²) >= 11 is 0. The summed E-state index contributed by atoms with van der Waals surface area (Å²) in [6, 6.07) is 4.47. The molecule has 1 aromatic carbocycles. The molecule has 3 aliphatic rings. The van der Waals surface area contributed by atoms with Gasteiger partial charge in [0, 0.05) is 48.2 Å². The average molecular weight is 514 g/mol. The van der Waals surface area contributed by atoms with E-state index in [0.29, 0.717) is 36.4 Å². The molecule has 5 rings (SSSR count). The van der Waals surface area contributed by atoms with Crippen molar-refractivity contribution < 1.29 is 38.3 Å². The van der Waals surface area contributed by atoms with Gasteiger partial charge in [-0.15, -0.1) is 0 Å². The number of hydrogen-bond donors (Lipinski definition) is 2. The molecule has 1 aliphatic carbocycles. The summed E-state index contributed by atoms with van der Waals surface area (Å²) in [6.45, 7) is 3.30. The van der Waals surface area contributed by atoms with Crippen molar-refractivity contribution in [1.82, 2.24) is 15.2 Å². The summed E-state index contributed by atoms with van der Waals surface area (Å²) in [5.74, 6) is -2.91. The van der Waals surface area contributed by atoms with E-state index in [4.69, 9.17) is 14.7 Å². The molecule has 0 bridgehead atoms. The number of carbonyl (C=O) groups excluding carboxylic acids is 2. The van der Waals surface area contributed by atoms with Crippen molar-refractivity contribution in [1.29, 1.82) is 0 Å². The van der Waals surface area contributed by atoms with Crippen LogP contribution in [-0.4, -0.2) is 62.2 Å². The quantitative estimate of drug-likeness (QED) is 0.454. The number of allylic oxidation sites excluding steroid dienone is 1. The highest BCUT2D eigenvalue weighted by Crippen LogP contribution is 2.41. The van der Waals surface area contributed by atoms with Gasteiger partial charge in [-0.2, -0.15) is 0 Å². The fourth-order valence-corrected chi connectivity index (χ4v) is 5.32. The normalized spacial score (nSPS) is 22.6. The van der Waals surface area contributed by atoms with Gasteiger partial charge in [0.1, 0.15) is 5.82 Å². The zero-order valence-electron chi connectivity index (χ0n) is 20.3. The van der Waals surface area contributed by atoms with Crippen LogP contribution in [0.15, 0.2) is 46.5 Å². The van der Waals surface area contributed by atoms with Crippen LogP contribution in [0.2, 0.25) is 0 Å². The third-order valence-corrected chi connectivity index (χ3v) is 7.12. The van der Waals surface area contributed by atoms with Crippen molar-refractivity contribution in [3.63, 3.8) is 0 Å². The summed E-state index contributed by atoms with van der Waals surface area (Å²) < 4.78 is 18.7.